The summed E-state index contributed by atoms with van der Waals surface area (Å²) < 4.78 is 4.85. The van der Waals surface area contributed by atoms with Gasteiger partial charge in [0.1, 0.15) is 16.2 Å². The Kier molecular flexibility index (Phi) is 6.44. The molecule has 0 radical (unpaired) electrons. The predicted molar refractivity (Wildman–Crippen MR) is 125 cm³/mol. The Morgan fingerprint density at radius 2 is 1.81 bits per heavy atom. The quantitative estimate of drug-likeness (QED) is 0.159. The standard InChI is InChI=1S/C24H20N2O3S2/c1-15-8-10-16(11-9-15)18-13-30-23-21(18)24(26-14-25-23)31-19(12-20(27)29-2)22(28)17-6-4-3-5-7-17/h3-11,13-14,19H,12H2,1-2H3. The van der Waals surface area contributed by atoms with E-state index < -0.39 is 11.2 Å². The largest absolute Gasteiger partial charge is 0.469 e. The number of methoxy groups -OCH3 is 1. The zero-order chi connectivity index (χ0) is 21.8. The van der Waals surface area contributed by atoms with Gasteiger partial charge in [-0.25, -0.2) is 9.97 Å². The van der Waals surface area contributed by atoms with Crippen molar-refractivity contribution < 1.29 is 14.3 Å². The molecule has 1 unspecified atom stereocenters. The molecular formula is C24H20N2O3S2. The van der Waals surface area contributed by atoms with Crippen molar-refractivity contribution in [2.24, 2.45) is 0 Å². The fourth-order valence-corrected chi connectivity index (χ4v) is 5.37. The molecule has 0 bridgehead atoms. The van der Waals surface area contributed by atoms with E-state index >= 15 is 0 Å². The third-order valence-corrected chi connectivity index (χ3v) is 6.97. The minimum absolute atomic E-state index is 0.0373. The maximum absolute atomic E-state index is 13.2. The fraction of sp³-hybridized carbons (Fsp3) is 0.167. The van der Waals surface area contributed by atoms with Crippen molar-refractivity contribution >= 4 is 45.1 Å². The molecule has 0 spiro atoms. The van der Waals surface area contributed by atoms with Crippen LogP contribution in [0.1, 0.15) is 22.3 Å². The van der Waals surface area contributed by atoms with Crippen LogP contribution in [-0.2, 0) is 9.53 Å². The summed E-state index contributed by atoms with van der Waals surface area (Å²) in [6.07, 6.45) is 1.46. The molecule has 4 aromatic rings. The van der Waals surface area contributed by atoms with Gasteiger partial charge < -0.3 is 4.74 Å². The number of carbonyl (C=O) groups excluding carboxylic acids is 2. The zero-order valence-corrected chi connectivity index (χ0v) is 18.7. The van der Waals surface area contributed by atoms with Crippen LogP contribution in [0.15, 0.2) is 71.3 Å². The molecule has 2 aromatic carbocycles. The first kappa shape index (κ1) is 21.2. The monoisotopic (exact) mass is 448 g/mol. The summed E-state index contributed by atoms with van der Waals surface area (Å²) in [6, 6.07) is 17.2. The number of aryl methyl sites for hydroxylation is 1. The molecule has 2 aromatic heterocycles. The average molecular weight is 449 g/mol. The van der Waals surface area contributed by atoms with Crippen LogP contribution in [0.4, 0.5) is 0 Å². The van der Waals surface area contributed by atoms with Crippen molar-refractivity contribution in [1.82, 2.24) is 9.97 Å². The fourth-order valence-electron chi connectivity index (χ4n) is 3.23. The molecule has 5 nitrogen and oxygen atoms in total. The minimum atomic E-state index is -0.654. The van der Waals surface area contributed by atoms with Gasteiger partial charge in [0.25, 0.3) is 0 Å². The second-order valence-corrected chi connectivity index (χ2v) is 9.04. The van der Waals surface area contributed by atoms with E-state index in [9.17, 15) is 9.59 Å². The Morgan fingerprint density at radius 3 is 2.52 bits per heavy atom. The van der Waals surface area contributed by atoms with Crippen LogP contribution in [0, 0.1) is 6.92 Å². The molecule has 2 heterocycles. The van der Waals surface area contributed by atoms with Gasteiger partial charge in [-0.3, -0.25) is 9.59 Å². The maximum atomic E-state index is 13.2. The molecule has 0 aliphatic rings. The number of thioether (sulfide) groups is 1. The van der Waals surface area contributed by atoms with Crippen LogP contribution in [0.2, 0.25) is 0 Å². The van der Waals surface area contributed by atoms with Gasteiger partial charge in [0, 0.05) is 16.5 Å². The summed E-state index contributed by atoms with van der Waals surface area (Å²) in [4.78, 5) is 35.0. The summed E-state index contributed by atoms with van der Waals surface area (Å²) in [7, 11) is 1.33. The number of Topliss-reactive ketones (excluding diaryl/α,β-unsaturated/α-hetero) is 1. The molecule has 31 heavy (non-hydrogen) atoms. The number of nitrogens with zero attached hydrogens (tertiary/aromatic N) is 2. The molecule has 0 amide bonds. The molecule has 7 heteroatoms. The van der Waals surface area contributed by atoms with Gasteiger partial charge in [0.15, 0.2) is 5.78 Å². The van der Waals surface area contributed by atoms with Gasteiger partial charge in [-0.15, -0.1) is 11.3 Å². The van der Waals surface area contributed by atoms with Gasteiger partial charge in [0.05, 0.1) is 24.2 Å². The lowest BCUT2D eigenvalue weighted by molar-refractivity contribution is -0.140. The Morgan fingerprint density at radius 1 is 1.06 bits per heavy atom. The number of thiophene rings is 1. The lowest BCUT2D eigenvalue weighted by atomic mass is 10.1. The zero-order valence-electron chi connectivity index (χ0n) is 17.1. The maximum Gasteiger partial charge on any atom is 0.307 e. The second-order valence-electron chi connectivity index (χ2n) is 6.99. The van der Waals surface area contributed by atoms with E-state index in [-0.39, 0.29) is 12.2 Å². The number of fused-ring (bicyclic) bond motifs is 1. The number of benzene rings is 2. The van der Waals surface area contributed by atoms with Crippen molar-refractivity contribution in [2.75, 3.05) is 7.11 Å². The van der Waals surface area contributed by atoms with Crippen LogP contribution in [-0.4, -0.2) is 34.1 Å². The number of esters is 1. The molecule has 156 valence electrons. The number of rotatable bonds is 7. The molecular weight excluding hydrogens is 428 g/mol. The predicted octanol–water partition coefficient (Wildman–Crippen LogP) is 5.57. The smallest absolute Gasteiger partial charge is 0.307 e. The molecule has 0 saturated heterocycles. The number of hydrogen-bond donors (Lipinski definition) is 0. The summed E-state index contributed by atoms with van der Waals surface area (Å²) in [5, 5.41) is 2.98. The highest BCUT2D eigenvalue weighted by molar-refractivity contribution is 8.00. The number of aromatic nitrogens is 2. The highest BCUT2D eigenvalue weighted by atomic mass is 32.2. The highest BCUT2D eigenvalue weighted by Gasteiger charge is 2.27. The highest BCUT2D eigenvalue weighted by Crippen LogP contribution is 2.40. The number of ketones is 1. The van der Waals surface area contributed by atoms with Gasteiger partial charge in [-0.2, -0.15) is 0 Å². The second kappa shape index (κ2) is 9.41. The van der Waals surface area contributed by atoms with E-state index in [4.69, 9.17) is 4.74 Å². The molecule has 0 aliphatic heterocycles. The van der Waals surface area contributed by atoms with Crippen molar-refractivity contribution in [2.45, 2.75) is 23.6 Å². The van der Waals surface area contributed by atoms with Crippen LogP contribution in [0.25, 0.3) is 21.3 Å². The molecule has 0 N–H and O–H groups in total. The average Bonchev–Trinajstić information content (AvgIpc) is 3.24. The van der Waals surface area contributed by atoms with Gasteiger partial charge >= 0.3 is 5.97 Å². The number of ether oxygens (including phenoxy) is 1. The topological polar surface area (TPSA) is 69.2 Å². The molecule has 0 aliphatic carbocycles. The van der Waals surface area contributed by atoms with E-state index in [1.165, 1.54) is 42.1 Å². The lowest BCUT2D eigenvalue weighted by Crippen LogP contribution is -2.22. The first-order valence-electron chi connectivity index (χ1n) is 9.69. The molecule has 0 fully saturated rings. The van der Waals surface area contributed by atoms with Crippen LogP contribution in [0.3, 0.4) is 0 Å². The summed E-state index contributed by atoms with van der Waals surface area (Å²) >= 11 is 2.82. The Labute approximate surface area is 188 Å². The van der Waals surface area contributed by atoms with E-state index in [2.05, 4.69) is 39.6 Å². The number of carbonyl (C=O) groups is 2. The van der Waals surface area contributed by atoms with Crippen molar-refractivity contribution in [3.63, 3.8) is 0 Å². The summed E-state index contributed by atoms with van der Waals surface area (Å²) in [6.45, 7) is 2.05. The third-order valence-electron chi connectivity index (χ3n) is 4.88. The minimum Gasteiger partial charge on any atom is -0.469 e. The molecule has 0 saturated carbocycles. The number of hydrogen-bond acceptors (Lipinski definition) is 7. The van der Waals surface area contributed by atoms with Crippen molar-refractivity contribution in [3.8, 4) is 11.1 Å². The van der Waals surface area contributed by atoms with Gasteiger partial charge in [-0.1, -0.05) is 71.9 Å². The van der Waals surface area contributed by atoms with E-state index in [0.29, 0.717) is 10.6 Å². The lowest BCUT2D eigenvalue weighted by Gasteiger charge is -2.15. The van der Waals surface area contributed by atoms with Crippen molar-refractivity contribution in [3.05, 3.63) is 77.4 Å². The first-order valence-corrected chi connectivity index (χ1v) is 11.4. The van der Waals surface area contributed by atoms with Crippen LogP contribution in [0.5, 0.6) is 0 Å². The summed E-state index contributed by atoms with van der Waals surface area (Å²) in [5.74, 6) is -0.564. The van der Waals surface area contributed by atoms with E-state index in [1.54, 1.807) is 12.1 Å². The first-order chi connectivity index (χ1) is 15.1. The van der Waals surface area contributed by atoms with E-state index in [0.717, 1.165) is 21.3 Å². The Bertz CT molecular complexity index is 1220. The third kappa shape index (κ3) is 4.68. The van der Waals surface area contributed by atoms with Crippen LogP contribution >= 0.6 is 23.1 Å². The SMILES string of the molecule is COC(=O)CC(Sc1ncnc2scc(-c3ccc(C)cc3)c12)C(=O)c1ccccc1. The van der Waals surface area contributed by atoms with E-state index in [1.807, 2.05) is 25.1 Å². The van der Waals surface area contributed by atoms with Gasteiger partial charge in [0.2, 0.25) is 0 Å². The van der Waals surface area contributed by atoms with Crippen molar-refractivity contribution in [1.29, 1.82) is 0 Å². The summed E-state index contributed by atoms with van der Waals surface area (Å²) in [5.41, 5.74) is 3.82. The normalized spacial score (nSPS) is 11.9. The van der Waals surface area contributed by atoms with Gasteiger partial charge in [-0.05, 0) is 12.5 Å². The Balaban J connectivity index is 1.75. The molecule has 4 rings (SSSR count). The van der Waals surface area contributed by atoms with Crippen LogP contribution < -0.4 is 0 Å². The Hall–Kier alpha value is -3.03. The molecule has 1 atom stereocenters.